The van der Waals surface area contributed by atoms with E-state index in [0.717, 1.165) is 25.1 Å². The summed E-state index contributed by atoms with van der Waals surface area (Å²) in [6.07, 6.45) is 2.08. The summed E-state index contributed by atoms with van der Waals surface area (Å²) in [5, 5.41) is 3.24. The molecule has 0 spiro atoms. The van der Waals surface area contributed by atoms with Gasteiger partial charge < -0.3 is 10.1 Å². The Morgan fingerprint density at radius 1 is 1.47 bits per heavy atom. The van der Waals surface area contributed by atoms with E-state index in [1.807, 2.05) is 6.07 Å². The van der Waals surface area contributed by atoms with Crippen molar-refractivity contribution in [1.29, 1.82) is 0 Å². The van der Waals surface area contributed by atoms with Crippen LogP contribution >= 0.6 is 0 Å². The van der Waals surface area contributed by atoms with Gasteiger partial charge >= 0.3 is 0 Å². The third kappa shape index (κ3) is 3.46. The Labute approximate surface area is 114 Å². The lowest BCUT2D eigenvalue weighted by molar-refractivity contribution is 0.180. The van der Waals surface area contributed by atoms with Gasteiger partial charge in [0.2, 0.25) is 10.0 Å². The van der Waals surface area contributed by atoms with E-state index in [0.29, 0.717) is 11.5 Å². The molecule has 1 unspecified atom stereocenters. The molecule has 2 N–H and O–H groups in total. The molecular weight excluding hydrogens is 264 g/mol. The van der Waals surface area contributed by atoms with Crippen molar-refractivity contribution < 1.29 is 13.2 Å². The van der Waals surface area contributed by atoms with Gasteiger partial charge in [0.1, 0.15) is 0 Å². The van der Waals surface area contributed by atoms with Crippen molar-refractivity contribution in [2.24, 2.45) is 0 Å². The first-order chi connectivity index (χ1) is 9.03. The van der Waals surface area contributed by atoms with Gasteiger partial charge in [0, 0.05) is 25.4 Å². The van der Waals surface area contributed by atoms with Crippen LogP contribution in [0.15, 0.2) is 23.1 Å². The SMILES string of the molecule is COCC(C)NS(=O)(=O)c1ccc2c(c1)NCCC2. The number of aryl methyl sites for hydroxylation is 1. The number of methoxy groups -OCH3 is 1. The number of fused-ring (bicyclic) bond motifs is 1. The van der Waals surface area contributed by atoms with E-state index in [-0.39, 0.29) is 6.04 Å². The smallest absolute Gasteiger partial charge is 0.240 e. The van der Waals surface area contributed by atoms with Gasteiger partial charge in [0.05, 0.1) is 11.5 Å². The minimum Gasteiger partial charge on any atom is -0.385 e. The van der Waals surface area contributed by atoms with Gasteiger partial charge in [-0.15, -0.1) is 0 Å². The molecule has 2 rings (SSSR count). The third-order valence-electron chi connectivity index (χ3n) is 3.10. The van der Waals surface area contributed by atoms with Gasteiger partial charge in [0.15, 0.2) is 0 Å². The van der Waals surface area contributed by atoms with Crippen molar-refractivity contribution in [3.05, 3.63) is 23.8 Å². The Morgan fingerprint density at radius 3 is 3.00 bits per heavy atom. The Bertz CT molecular complexity index is 543. The van der Waals surface area contributed by atoms with E-state index >= 15 is 0 Å². The molecule has 0 radical (unpaired) electrons. The zero-order chi connectivity index (χ0) is 13.9. The monoisotopic (exact) mass is 284 g/mol. The van der Waals surface area contributed by atoms with Crippen molar-refractivity contribution in [3.8, 4) is 0 Å². The number of hydrogen-bond donors (Lipinski definition) is 2. The highest BCUT2D eigenvalue weighted by Gasteiger charge is 2.19. The summed E-state index contributed by atoms with van der Waals surface area (Å²) in [4.78, 5) is 0.295. The van der Waals surface area contributed by atoms with Crippen LogP contribution in [-0.2, 0) is 21.2 Å². The molecule has 106 valence electrons. The fourth-order valence-corrected chi connectivity index (χ4v) is 3.48. The Balaban J connectivity index is 2.21. The van der Waals surface area contributed by atoms with Crippen molar-refractivity contribution in [1.82, 2.24) is 4.72 Å². The summed E-state index contributed by atoms with van der Waals surface area (Å²) in [5.74, 6) is 0. The van der Waals surface area contributed by atoms with Crippen LogP contribution in [0.1, 0.15) is 18.9 Å². The lowest BCUT2D eigenvalue weighted by Gasteiger charge is -2.19. The Morgan fingerprint density at radius 2 is 2.26 bits per heavy atom. The summed E-state index contributed by atoms with van der Waals surface area (Å²) in [6, 6.07) is 5.00. The molecule has 0 bridgehead atoms. The molecule has 0 saturated heterocycles. The molecule has 0 fully saturated rings. The molecule has 0 amide bonds. The van der Waals surface area contributed by atoms with Crippen LogP contribution < -0.4 is 10.0 Å². The largest absolute Gasteiger partial charge is 0.385 e. The molecule has 6 heteroatoms. The number of ether oxygens (including phenoxy) is 1. The normalized spacial score (nSPS) is 16.5. The molecule has 1 heterocycles. The predicted molar refractivity (Wildman–Crippen MR) is 74.9 cm³/mol. The van der Waals surface area contributed by atoms with Crippen LogP contribution in [0.2, 0.25) is 0 Å². The zero-order valence-electron chi connectivity index (χ0n) is 11.3. The van der Waals surface area contributed by atoms with Crippen LogP contribution in [0, 0.1) is 0 Å². The maximum absolute atomic E-state index is 12.2. The average Bonchev–Trinajstić information content (AvgIpc) is 2.37. The third-order valence-corrected chi connectivity index (χ3v) is 4.69. The Hall–Kier alpha value is -1.11. The first-order valence-electron chi connectivity index (χ1n) is 6.41. The van der Waals surface area contributed by atoms with E-state index < -0.39 is 10.0 Å². The van der Waals surface area contributed by atoms with Gasteiger partial charge in [-0.25, -0.2) is 13.1 Å². The quantitative estimate of drug-likeness (QED) is 0.856. The minimum atomic E-state index is -3.49. The number of nitrogens with one attached hydrogen (secondary N) is 2. The van der Waals surface area contributed by atoms with Crippen LogP contribution in [-0.4, -0.2) is 34.7 Å². The number of hydrogen-bond acceptors (Lipinski definition) is 4. The van der Waals surface area contributed by atoms with E-state index in [1.165, 1.54) is 5.56 Å². The predicted octanol–water partition coefficient (Wildman–Crippen LogP) is 1.36. The van der Waals surface area contributed by atoms with Gasteiger partial charge in [-0.3, -0.25) is 0 Å². The van der Waals surface area contributed by atoms with Gasteiger partial charge in [-0.1, -0.05) is 6.07 Å². The first-order valence-corrected chi connectivity index (χ1v) is 7.89. The molecule has 1 aromatic carbocycles. The van der Waals surface area contributed by atoms with Crippen molar-refractivity contribution >= 4 is 15.7 Å². The molecule has 1 aromatic rings. The van der Waals surface area contributed by atoms with E-state index in [1.54, 1.807) is 26.2 Å². The number of sulfonamides is 1. The van der Waals surface area contributed by atoms with Gasteiger partial charge in [0.25, 0.3) is 0 Å². The second kappa shape index (κ2) is 5.90. The standard InChI is InChI=1S/C13H20N2O3S/c1-10(9-18-2)15-19(16,17)12-6-5-11-4-3-7-14-13(11)8-12/h5-6,8,10,14-15H,3-4,7,9H2,1-2H3. The second-order valence-corrected chi connectivity index (χ2v) is 6.54. The molecule has 0 saturated carbocycles. The van der Waals surface area contributed by atoms with Crippen LogP contribution in [0.3, 0.4) is 0 Å². The summed E-state index contributed by atoms with van der Waals surface area (Å²) >= 11 is 0. The van der Waals surface area contributed by atoms with Crippen molar-refractivity contribution in [3.63, 3.8) is 0 Å². The molecule has 0 aromatic heterocycles. The average molecular weight is 284 g/mol. The van der Waals surface area contributed by atoms with Gasteiger partial charge in [-0.2, -0.15) is 0 Å². The van der Waals surface area contributed by atoms with E-state index in [4.69, 9.17) is 4.74 Å². The van der Waals surface area contributed by atoms with Crippen LogP contribution in [0.25, 0.3) is 0 Å². The maximum atomic E-state index is 12.2. The molecule has 0 aliphatic carbocycles. The summed E-state index contributed by atoms with van der Waals surface area (Å²) in [7, 11) is -1.94. The molecule has 1 aliphatic rings. The van der Waals surface area contributed by atoms with E-state index in [9.17, 15) is 8.42 Å². The van der Waals surface area contributed by atoms with Crippen LogP contribution in [0.5, 0.6) is 0 Å². The highest BCUT2D eigenvalue weighted by Crippen LogP contribution is 2.25. The molecule has 1 aliphatic heterocycles. The highest BCUT2D eigenvalue weighted by atomic mass is 32.2. The summed E-state index contributed by atoms with van der Waals surface area (Å²) in [5.41, 5.74) is 2.10. The fourth-order valence-electron chi connectivity index (χ4n) is 2.22. The van der Waals surface area contributed by atoms with E-state index in [2.05, 4.69) is 10.0 Å². The number of benzene rings is 1. The summed E-state index contributed by atoms with van der Waals surface area (Å²) < 4.78 is 32.0. The van der Waals surface area contributed by atoms with Gasteiger partial charge in [-0.05, 0) is 37.5 Å². The number of anilines is 1. The number of rotatable bonds is 5. The fraction of sp³-hybridized carbons (Fsp3) is 0.538. The molecule has 5 nitrogen and oxygen atoms in total. The molecule has 19 heavy (non-hydrogen) atoms. The highest BCUT2D eigenvalue weighted by molar-refractivity contribution is 7.89. The van der Waals surface area contributed by atoms with Crippen molar-refractivity contribution in [2.75, 3.05) is 25.6 Å². The lowest BCUT2D eigenvalue weighted by Crippen LogP contribution is -2.35. The van der Waals surface area contributed by atoms with Crippen molar-refractivity contribution in [2.45, 2.75) is 30.7 Å². The minimum absolute atomic E-state index is 0.251. The maximum Gasteiger partial charge on any atom is 0.240 e. The zero-order valence-corrected chi connectivity index (χ0v) is 12.1. The molecule has 1 atom stereocenters. The lowest BCUT2D eigenvalue weighted by atomic mass is 10.0. The van der Waals surface area contributed by atoms with Crippen LogP contribution in [0.4, 0.5) is 5.69 Å². The first kappa shape index (κ1) is 14.3. The summed E-state index contributed by atoms with van der Waals surface area (Å²) in [6.45, 7) is 3.02. The Kier molecular flexibility index (Phi) is 4.44. The molecular formula is C13H20N2O3S. The topological polar surface area (TPSA) is 67.4 Å². The second-order valence-electron chi connectivity index (χ2n) is 4.83.